The number of aryl methyl sites for hydroxylation is 1. The number of hydrogen-bond donors (Lipinski definition) is 1. The summed E-state index contributed by atoms with van der Waals surface area (Å²) in [6, 6.07) is 9.94. The number of benzene rings is 1. The number of anilines is 1. The Morgan fingerprint density at radius 1 is 1.29 bits per heavy atom. The zero-order valence-corrected chi connectivity index (χ0v) is 12.0. The molecule has 2 heterocycles. The van der Waals surface area contributed by atoms with Gasteiger partial charge in [-0.1, -0.05) is 25.5 Å². The fourth-order valence-electron chi connectivity index (χ4n) is 2.36. The fourth-order valence-corrected chi connectivity index (χ4v) is 2.36. The summed E-state index contributed by atoms with van der Waals surface area (Å²) in [4.78, 5) is 4.17. The van der Waals surface area contributed by atoms with E-state index in [9.17, 15) is 0 Å². The molecule has 0 radical (unpaired) electrons. The van der Waals surface area contributed by atoms with Crippen LogP contribution in [0.3, 0.4) is 0 Å². The van der Waals surface area contributed by atoms with E-state index < -0.39 is 0 Å². The van der Waals surface area contributed by atoms with Crippen molar-refractivity contribution in [3.05, 3.63) is 54.4 Å². The van der Waals surface area contributed by atoms with Crippen molar-refractivity contribution in [3.63, 3.8) is 0 Å². The van der Waals surface area contributed by atoms with Gasteiger partial charge in [0.2, 0.25) is 5.89 Å². The fraction of sp³-hybridized carbons (Fsp3) is 0.250. The number of nitrogen functional groups attached to an aromatic ring is 1. The smallest absolute Gasteiger partial charge is 0.215 e. The highest BCUT2D eigenvalue weighted by Gasteiger charge is 2.12. The second-order valence-corrected chi connectivity index (χ2v) is 4.98. The first-order valence-corrected chi connectivity index (χ1v) is 7.07. The molecular formula is C16H18N4O. The van der Waals surface area contributed by atoms with Crippen LogP contribution < -0.4 is 5.73 Å². The predicted octanol–water partition coefficient (Wildman–Crippen LogP) is 3.12. The molecule has 0 unspecified atom stereocenters. The van der Waals surface area contributed by atoms with Crippen molar-refractivity contribution >= 4 is 5.69 Å². The van der Waals surface area contributed by atoms with Crippen LogP contribution in [-0.4, -0.2) is 14.8 Å². The molecule has 5 heteroatoms. The lowest BCUT2D eigenvalue weighted by Crippen LogP contribution is -2.04. The Morgan fingerprint density at radius 3 is 2.90 bits per heavy atom. The van der Waals surface area contributed by atoms with Gasteiger partial charge in [0.1, 0.15) is 12.8 Å². The first-order valence-electron chi connectivity index (χ1n) is 7.07. The minimum atomic E-state index is 0.515. The second kappa shape index (κ2) is 5.83. The van der Waals surface area contributed by atoms with Gasteiger partial charge in [-0.05, 0) is 24.6 Å². The lowest BCUT2D eigenvalue weighted by Gasteiger charge is -2.06. The predicted molar refractivity (Wildman–Crippen MR) is 81.7 cm³/mol. The van der Waals surface area contributed by atoms with Crippen molar-refractivity contribution in [2.45, 2.75) is 26.3 Å². The summed E-state index contributed by atoms with van der Waals surface area (Å²) < 4.78 is 7.25. The van der Waals surface area contributed by atoms with Crippen molar-refractivity contribution in [2.24, 2.45) is 0 Å². The molecule has 0 aliphatic heterocycles. The maximum Gasteiger partial charge on any atom is 0.215 e. The van der Waals surface area contributed by atoms with Crippen LogP contribution in [0.1, 0.15) is 24.9 Å². The average Bonchev–Trinajstić information content (AvgIpc) is 3.10. The minimum absolute atomic E-state index is 0.515. The third-order valence-electron chi connectivity index (χ3n) is 3.29. The zero-order valence-electron chi connectivity index (χ0n) is 12.0. The summed E-state index contributed by atoms with van der Waals surface area (Å²) >= 11 is 0. The topological polar surface area (TPSA) is 69.9 Å². The molecular weight excluding hydrogens is 264 g/mol. The van der Waals surface area contributed by atoms with Crippen LogP contribution in [-0.2, 0) is 13.0 Å². The molecule has 0 fully saturated rings. The van der Waals surface area contributed by atoms with Crippen molar-refractivity contribution < 1.29 is 4.42 Å². The molecule has 3 rings (SSSR count). The average molecular weight is 282 g/mol. The van der Waals surface area contributed by atoms with E-state index in [1.807, 2.05) is 28.9 Å². The van der Waals surface area contributed by atoms with Gasteiger partial charge in [-0.25, -0.2) is 4.98 Å². The molecule has 5 nitrogen and oxygen atoms in total. The third kappa shape index (κ3) is 2.97. The van der Waals surface area contributed by atoms with E-state index in [-0.39, 0.29) is 0 Å². The Balaban J connectivity index is 2.00. The Morgan fingerprint density at radius 2 is 2.19 bits per heavy atom. The number of aromatic nitrogens is 3. The molecule has 21 heavy (non-hydrogen) atoms. The second-order valence-electron chi connectivity index (χ2n) is 4.98. The van der Waals surface area contributed by atoms with Crippen molar-refractivity contribution in [3.8, 4) is 11.3 Å². The van der Waals surface area contributed by atoms with Crippen molar-refractivity contribution in [2.75, 3.05) is 5.73 Å². The van der Waals surface area contributed by atoms with E-state index in [4.69, 9.17) is 10.2 Å². The van der Waals surface area contributed by atoms with Crippen LogP contribution in [0, 0.1) is 0 Å². The summed E-state index contributed by atoms with van der Waals surface area (Å²) in [6.45, 7) is 2.66. The van der Waals surface area contributed by atoms with Gasteiger partial charge < -0.3 is 10.2 Å². The van der Waals surface area contributed by atoms with Gasteiger partial charge in [-0.3, -0.25) is 4.68 Å². The maximum absolute atomic E-state index is 5.89. The Hall–Kier alpha value is -2.56. The normalized spacial score (nSPS) is 10.9. The van der Waals surface area contributed by atoms with E-state index >= 15 is 0 Å². The molecule has 0 saturated carbocycles. The van der Waals surface area contributed by atoms with E-state index in [2.05, 4.69) is 23.1 Å². The Labute approximate surface area is 123 Å². The van der Waals surface area contributed by atoms with Gasteiger partial charge in [0.25, 0.3) is 0 Å². The summed E-state index contributed by atoms with van der Waals surface area (Å²) in [5.41, 5.74) is 9.79. The number of hydrogen-bond acceptors (Lipinski definition) is 4. The highest BCUT2D eigenvalue weighted by Crippen LogP contribution is 2.24. The van der Waals surface area contributed by atoms with Crippen LogP contribution >= 0.6 is 0 Å². The third-order valence-corrected chi connectivity index (χ3v) is 3.29. The van der Waals surface area contributed by atoms with Crippen molar-refractivity contribution in [1.82, 2.24) is 14.8 Å². The molecule has 0 aliphatic carbocycles. The SMILES string of the molecule is CCCc1cc(-c2cccc(N)c2)n(Cc2ncco2)n1. The van der Waals surface area contributed by atoms with Gasteiger partial charge in [0.15, 0.2) is 0 Å². The minimum Gasteiger partial charge on any atom is -0.447 e. The molecule has 2 N–H and O–H groups in total. The number of nitrogens with zero attached hydrogens (tertiary/aromatic N) is 3. The molecule has 2 aromatic heterocycles. The number of nitrogens with two attached hydrogens (primary N) is 1. The molecule has 3 aromatic rings. The van der Waals surface area contributed by atoms with Gasteiger partial charge in [-0.15, -0.1) is 0 Å². The number of rotatable bonds is 5. The van der Waals surface area contributed by atoms with Gasteiger partial charge in [-0.2, -0.15) is 5.10 Å². The van der Waals surface area contributed by atoms with Crippen LogP contribution in [0.4, 0.5) is 5.69 Å². The van der Waals surface area contributed by atoms with Crippen LogP contribution in [0.5, 0.6) is 0 Å². The molecule has 0 amide bonds. The van der Waals surface area contributed by atoms with Gasteiger partial charge >= 0.3 is 0 Å². The van der Waals surface area contributed by atoms with Gasteiger partial charge in [0, 0.05) is 11.3 Å². The Bertz CT molecular complexity index is 716. The highest BCUT2D eigenvalue weighted by atomic mass is 16.3. The first-order chi connectivity index (χ1) is 10.3. The monoisotopic (exact) mass is 282 g/mol. The quantitative estimate of drug-likeness (QED) is 0.730. The first kappa shape index (κ1) is 13.4. The lowest BCUT2D eigenvalue weighted by atomic mass is 10.1. The van der Waals surface area contributed by atoms with Crippen LogP contribution in [0.25, 0.3) is 11.3 Å². The summed E-state index contributed by atoms with van der Waals surface area (Å²) in [5.74, 6) is 0.645. The molecule has 1 aromatic carbocycles. The van der Waals surface area contributed by atoms with E-state index in [1.165, 1.54) is 0 Å². The molecule has 108 valence electrons. The maximum atomic E-state index is 5.89. The molecule has 0 saturated heterocycles. The zero-order chi connectivity index (χ0) is 14.7. The lowest BCUT2D eigenvalue weighted by molar-refractivity contribution is 0.465. The van der Waals surface area contributed by atoms with Crippen molar-refractivity contribution in [1.29, 1.82) is 0 Å². The molecule has 0 atom stereocenters. The number of oxazole rings is 1. The highest BCUT2D eigenvalue weighted by molar-refractivity contribution is 5.64. The molecule has 0 aliphatic rings. The molecule has 0 bridgehead atoms. The Kier molecular flexibility index (Phi) is 3.73. The summed E-state index contributed by atoms with van der Waals surface area (Å²) in [6.07, 6.45) is 5.23. The standard InChI is InChI=1S/C16H18N4O/c1-2-4-14-10-15(12-5-3-6-13(17)9-12)20(19-14)11-16-18-7-8-21-16/h3,5-10H,2,4,11,17H2,1H3. The van der Waals surface area contributed by atoms with E-state index in [0.717, 1.165) is 35.5 Å². The largest absolute Gasteiger partial charge is 0.447 e. The van der Waals surface area contributed by atoms with E-state index in [0.29, 0.717) is 12.4 Å². The summed E-state index contributed by atoms with van der Waals surface area (Å²) in [7, 11) is 0. The van der Waals surface area contributed by atoms with E-state index in [1.54, 1.807) is 12.5 Å². The molecule has 0 spiro atoms. The van der Waals surface area contributed by atoms with Crippen LogP contribution in [0.15, 0.2) is 47.2 Å². The van der Waals surface area contributed by atoms with Gasteiger partial charge in [0.05, 0.1) is 17.6 Å². The summed E-state index contributed by atoms with van der Waals surface area (Å²) in [5, 5.41) is 4.66. The van der Waals surface area contributed by atoms with Crippen LogP contribution in [0.2, 0.25) is 0 Å².